The third kappa shape index (κ3) is 5.54. The highest BCUT2D eigenvalue weighted by molar-refractivity contribution is 6.07. The molecule has 2 aromatic heterocycles. The molecule has 0 aliphatic heterocycles. The van der Waals surface area contributed by atoms with Crippen molar-refractivity contribution in [3.05, 3.63) is 95.1 Å². The molecular weight excluding hydrogens is 550 g/mol. The number of nitrogens with one attached hydrogen (secondary N) is 2. The SMILES string of the molecule is CCC(NC(=O)c1cccc2nc3cc(C)ccc3nc12)C(N)C(CC)NC(=O)c1cccc2nc3cc(C)ccc3nc12. The molecule has 44 heavy (non-hydrogen) atoms. The first-order chi connectivity index (χ1) is 21.2. The molecule has 0 aliphatic rings. The second kappa shape index (κ2) is 11.9. The lowest BCUT2D eigenvalue weighted by Crippen LogP contribution is -2.58. The number of aryl methyl sites for hydroxylation is 2. The molecule has 6 aromatic rings. The van der Waals surface area contributed by atoms with E-state index in [0.717, 1.165) is 33.2 Å². The standard InChI is InChI=1S/C35H35N7O2/c1-5-23(41-34(43)21-9-7-11-27-32(21)39-25-15-13-19(3)17-29(25)37-27)31(36)24(6-2)42-35(44)22-10-8-12-28-33(22)40-26-16-14-20(4)18-30(26)38-28/h7-18,23-24,31H,5-6,36H2,1-4H3,(H,41,43)(H,42,44). The zero-order valence-electron chi connectivity index (χ0n) is 25.3. The van der Waals surface area contributed by atoms with Gasteiger partial charge >= 0.3 is 0 Å². The predicted octanol–water partition coefficient (Wildman–Crippen LogP) is 5.54. The largest absolute Gasteiger partial charge is 0.348 e. The highest BCUT2D eigenvalue weighted by atomic mass is 16.2. The van der Waals surface area contributed by atoms with E-state index in [1.807, 2.05) is 76.2 Å². The highest BCUT2D eigenvalue weighted by Crippen LogP contribution is 2.23. The Hall–Kier alpha value is -5.02. The Morgan fingerprint density at radius 1 is 0.614 bits per heavy atom. The number of rotatable bonds is 8. The summed E-state index contributed by atoms with van der Waals surface area (Å²) in [6, 6.07) is 21.2. The number of fused-ring (bicyclic) bond motifs is 4. The summed E-state index contributed by atoms with van der Waals surface area (Å²) < 4.78 is 0. The van der Waals surface area contributed by atoms with Gasteiger partial charge in [0, 0.05) is 18.1 Å². The number of para-hydroxylation sites is 2. The van der Waals surface area contributed by atoms with Gasteiger partial charge in [-0.1, -0.05) is 38.1 Å². The average molecular weight is 586 g/mol. The first-order valence-corrected chi connectivity index (χ1v) is 15.0. The molecule has 0 aliphatic carbocycles. The molecule has 0 bridgehead atoms. The fraction of sp³-hybridized carbons (Fsp3) is 0.257. The van der Waals surface area contributed by atoms with Crippen LogP contribution < -0.4 is 16.4 Å². The van der Waals surface area contributed by atoms with E-state index in [9.17, 15) is 9.59 Å². The molecule has 0 fully saturated rings. The van der Waals surface area contributed by atoms with Crippen LogP contribution in [0.2, 0.25) is 0 Å². The number of hydrogen-bond donors (Lipinski definition) is 3. The van der Waals surface area contributed by atoms with E-state index >= 15 is 0 Å². The van der Waals surface area contributed by atoms with Crippen LogP contribution >= 0.6 is 0 Å². The van der Waals surface area contributed by atoms with Gasteiger partial charge in [-0.05, 0) is 86.3 Å². The van der Waals surface area contributed by atoms with Crippen LogP contribution in [-0.4, -0.2) is 49.9 Å². The maximum atomic E-state index is 13.6. The van der Waals surface area contributed by atoms with Crippen LogP contribution in [0.1, 0.15) is 58.5 Å². The van der Waals surface area contributed by atoms with Crippen LogP contribution in [0.4, 0.5) is 0 Å². The Morgan fingerprint density at radius 2 is 1.05 bits per heavy atom. The quantitative estimate of drug-likeness (QED) is 0.200. The van der Waals surface area contributed by atoms with E-state index in [0.29, 0.717) is 46.0 Å². The van der Waals surface area contributed by atoms with Crippen molar-refractivity contribution >= 4 is 55.9 Å². The van der Waals surface area contributed by atoms with Gasteiger partial charge < -0.3 is 16.4 Å². The monoisotopic (exact) mass is 585 g/mol. The molecule has 4 N–H and O–H groups in total. The molecule has 222 valence electrons. The topological polar surface area (TPSA) is 136 Å². The average Bonchev–Trinajstić information content (AvgIpc) is 3.03. The van der Waals surface area contributed by atoms with E-state index in [2.05, 4.69) is 10.6 Å². The maximum absolute atomic E-state index is 13.6. The Balaban J connectivity index is 1.23. The van der Waals surface area contributed by atoms with Crippen molar-refractivity contribution in [2.75, 3.05) is 0 Å². The zero-order chi connectivity index (χ0) is 31.0. The minimum Gasteiger partial charge on any atom is -0.348 e. The number of benzene rings is 4. The lowest BCUT2D eigenvalue weighted by molar-refractivity contribution is 0.0909. The number of amides is 2. The Bertz CT molecular complexity index is 1910. The molecule has 4 aromatic carbocycles. The number of hydrogen-bond acceptors (Lipinski definition) is 7. The van der Waals surface area contributed by atoms with Crippen LogP contribution in [0.25, 0.3) is 44.1 Å². The first-order valence-electron chi connectivity index (χ1n) is 15.0. The van der Waals surface area contributed by atoms with Crippen molar-refractivity contribution in [1.82, 2.24) is 30.6 Å². The van der Waals surface area contributed by atoms with Crippen molar-refractivity contribution in [3.63, 3.8) is 0 Å². The number of nitrogens with zero attached hydrogens (tertiary/aromatic N) is 4. The fourth-order valence-electron chi connectivity index (χ4n) is 5.69. The molecular formula is C35H35N7O2. The van der Waals surface area contributed by atoms with Crippen LogP contribution in [0.15, 0.2) is 72.8 Å². The van der Waals surface area contributed by atoms with Gasteiger partial charge in [0.05, 0.1) is 44.2 Å². The summed E-state index contributed by atoms with van der Waals surface area (Å²) >= 11 is 0. The van der Waals surface area contributed by atoms with Crippen molar-refractivity contribution in [2.45, 2.75) is 58.7 Å². The van der Waals surface area contributed by atoms with Crippen molar-refractivity contribution in [1.29, 1.82) is 0 Å². The molecule has 0 saturated carbocycles. The summed E-state index contributed by atoms with van der Waals surface area (Å²) in [4.78, 5) is 46.2. The smallest absolute Gasteiger partial charge is 0.253 e. The molecule has 6 rings (SSSR count). The molecule has 2 unspecified atom stereocenters. The summed E-state index contributed by atoms with van der Waals surface area (Å²) in [5.74, 6) is -0.572. The van der Waals surface area contributed by atoms with Crippen LogP contribution in [-0.2, 0) is 0 Å². The van der Waals surface area contributed by atoms with E-state index in [1.54, 1.807) is 24.3 Å². The lowest BCUT2D eigenvalue weighted by atomic mass is 9.95. The maximum Gasteiger partial charge on any atom is 0.253 e. The van der Waals surface area contributed by atoms with Gasteiger partial charge in [0.15, 0.2) is 0 Å². The van der Waals surface area contributed by atoms with Gasteiger partial charge in [0.1, 0.15) is 11.0 Å². The fourth-order valence-corrected chi connectivity index (χ4v) is 5.69. The van der Waals surface area contributed by atoms with Gasteiger partial charge in [-0.15, -0.1) is 0 Å². The van der Waals surface area contributed by atoms with Gasteiger partial charge in [0.25, 0.3) is 11.8 Å². The van der Waals surface area contributed by atoms with Crippen LogP contribution in [0, 0.1) is 13.8 Å². The van der Waals surface area contributed by atoms with Crippen LogP contribution in [0.3, 0.4) is 0 Å². The van der Waals surface area contributed by atoms with Gasteiger partial charge in [0.2, 0.25) is 0 Å². The molecule has 2 atom stereocenters. The van der Waals surface area contributed by atoms with Gasteiger partial charge in [-0.25, -0.2) is 19.9 Å². The van der Waals surface area contributed by atoms with Crippen molar-refractivity contribution in [2.24, 2.45) is 5.73 Å². The molecule has 9 nitrogen and oxygen atoms in total. The number of nitrogens with two attached hydrogens (primary N) is 1. The molecule has 0 spiro atoms. The van der Waals surface area contributed by atoms with Gasteiger partial charge in [-0.3, -0.25) is 9.59 Å². The Kier molecular flexibility index (Phi) is 7.88. The normalized spacial score (nSPS) is 13.7. The Morgan fingerprint density at radius 3 is 1.45 bits per heavy atom. The lowest BCUT2D eigenvalue weighted by Gasteiger charge is -2.31. The van der Waals surface area contributed by atoms with Crippen molar-refractivity contribution in [3.8, 4) is 0 Å². The number of aromatic nitrogens is 4. The minimum atomic E-state index is -0.548. The van der Waals surface area contributed by atoms with E-state index in [1.165, 1.54) is 0 Å². The minimum absolute atomic E-state index is 0.286. The number of carbonyl (C=O) groups excluding carboxylic acids is 2. The van der Waals surface area contributed by atoms with E-state index in [4.69, 9.17) is 25.7 Å². The summed E-state index contributed by atoms with van der Waals surface area (Å²) in [6.45, 7) is 7.94. The molecule has 2 heterocycles. The van der Waals surface area contributed by atoms with E-state index < -0.39 is 18.1 Å². The summed E-state index contributed by atoms with van der Waals surface area (Å²) in [6.07, 6.45) is 1.14. The summed E-state index contributed by atoms with van der Waals surface area (Å²) in [7, 11) is 0. The van der Waals surface area contributed by atoms with Crippen LogP contribution in [0.5, 0.6) is 0 Å². The second-order valence-electron chi connectivity index (χ2n) is 11.3. The second-order valence-corrected chi connectivity index (χ2v) is 11.3. The van der Waals surface area contributed by atoms with E-state index in [-0.39, 0.29) is 11.8 Å². The third-order valence-electron chi connectivity index (χ3n) is 8.17. The van der Waals surface area contributed by atoms with Crippen molar-refractivity contribution < 1.29 is 9.59 Å². The third-order valence-corrected chi connectivity index (χ3v) is 8.17. The first kappa shape index (κ1) is 29.1. The summed E-state index contributed by atoms with van der Waals surface area (Å²) in [5, 5.41) is 6.22. The molecule has 0 radical (unpaired) electrons. The summed E-state index contributed by atoms with van der Waals surface area (Å²) in [5.41, 5.74) is 15.2. The zero-order valence-corrected chi connectivity index (χ0v) is 25.3. The molecule has 2 amide bonds. The van der Waals surface area contributed by atoms with Gasteiger partial charge in [-0.2, -0.15) is 0 Å². The molecule has 9 heteroatoms. The Labute approximate surface area is 255 Å². The predicted molar refractivity (Wildman–Crippen MR) is 175 cm³/mol. The number of carbonyl (C=O) groups is 2. The molecule has 0 saturated heterocycles. The highest BCUT2D eigenvalue weighted by Gasteiger charge is 2.28.